The highest BCUT2D eigenvalue weighted by atomic mass is 16.5. The van der Waals surface area contributed by atoms with E-state index in [2.05, 4.69) is 5.16 Å². The Bertz CT molecular complexity index is 620. The van der Waals surface area contributed by atoms with Crippen LogP contribution in [-0.4, -0.2) is 21.8 Å². The standard InChI is InChI=1S/C15H17NO4/c1-9-12(13(14(17)18)16-20-9)10-5-7-11(8-6-10)19-15(2,3)4/h5-8H,1-4H3,(H,17,18). The summed E-state index contributed by atoms with van der Waals surface area (Å²) in [7, 11) is 0. The van der Waals surface area contributed by atoms with Crippen molar-refractivity contribution in [1.29, 1.82) is 0 Å². The Hall–Kier alpha value is -2.30. The Balaban J connectivity index is 2.36. The molecule has 0 saturated carbocycles. The number of aryl methyl sites for hydroxylation is 1. The number of carbonyl (C=O) groups is 1. The monoisotopic (exact) mass is 275 g/mol. The molecule has 1 heterocycles. The van der Waals surface area contributed by atoms with Crippen molar-refractivity contribution in [3.8, 4) is 16.9 Å². The quantitative estimate of drug-likeness (QED) is 0.927. The third-order valence-corrected chi connectivity index (χ3v) is 2.63. The first-order chi connectivity index (χ1) is 9.28. The molecule has 0 aliphatic heterocycles. The average molecular weight is 275 g/mol. The molecular formula is C15H17NO4. The molecule has 1 N–H and O–H groups in total. The lowest BCUT2D eigenvalue weighted by atomic mass is 10.0. The number of aromatic nitrogens is 1. The van der Waals surface area contributed by atoms with Gasteiger partial charge in [-0.3, -0.25) is 0 Å². The molecule has 0 fully saturated rings. The largest absolute Gasteiger partial charge is 0.488 e. The highest BCUT2D eigenvalue weighted by Crippen LogP contribution is 2.29. The summed E-state index contributed by atoms with van der Waals surface area (Å²) in [5.74, 6) is 0.103. The summed E-state index contributed by atoms with van der Waals surface area (Å²) in [6.45, 7) is 7.59. The maximum atomic E-state index is 11.1. The van der Waals surface area contributed by atoms with Crippen LogP contribution in [0.2, 0.25) is 0 Å². The lowest BCUT2D eigenvalue weighted by molar-refractivity contribution is 0.0686. The molecule has 20 heavy (non-hydrogen) atoms. The average Bonchev–Trinajstić information content (AvgIpc) is 2.70. The second-order valence-corrected chi connectivity index (χ2v) is 5.51. The number of hydrogen-bond acceptors (Lipinski definition) is 4. The smallest absolute Gasteiger partial charge is 0.358 e. The van der Waals surface area contributed by atoms with Gasteiger partial charge in [0.2, 0.25) is 0 Å². The molecule has 0 spiro atoms. The molecule has 1 aromatic heterocycles. The summed E-state index contributed by atoms with van der Waals surface area (Å²) in [6.07, 6.45) is 0. The second kappa shape index (κ2) is 5.00. The van der Waals surface area contributed by atoms with Crippen molar-refractivity contribution in [3.63, 3.8) is 0 Å². The van der Waals surface area contributed by atoms with E-state index in [-0.39, 0.29) is 11.3 Å². The zero-order chi connectivity index (χ0) is 14.9. The zero-order valence-electron chi connectivity index (χ0n) is 11.9. The molecule has 0 aliphatic carbocycles. The Labute approximate surface area is 117 Å². The number of ether oxygens (including phenoxy) is 1. The number of benzene rings is 1. The fourth-order valence-electron chi connectivity index (χ4n) is 1.90. The van der Waals surface area contributed by atoms with Crippen molar-refractivity contribution in [2.75, 3.05) is 0 Å². The van der Waals surface area contributed by atoms with E-state index >= 15 is 0 Å². The topological polar surface area (TPSA) is 72.6 Å². The van der Waals surface area contributed by atoms with Crippen LogP contribution in [0.5, 0.6) is 5.75 Å². The highest BCUT2D eigenvalue weighted by Gasteiger charge is 2.20. The molecule has 1 aromatic carbocycles. The maximum Gasteiger partial charge on any atom is 0.358 e. The summed E-state index contributed by atoms with van der Waals surface area (Å²) in [5, 5.41) is 12.7. The van der Waals surface area contributed by atoms with Gasteiger partial charge >= 0.3 is 5.97 Å². The molecule has 2 aromatic rings. The first-order valence-electron chi connectivity index (χ1n) is 6.27. The molecule has 0 radical (unpaired) electrons. The lowest BCUT2D eigenvalue weighted by Crippen LogP contribution is -2.22. The van der Waals surface area contributed by atoms with Crippen LogP contribution in [0.1, 0.15) is 37.0 Å². The Morgan fingerprint density at radius 2 is 1.85 bits per heavy atom. The van der Waals surface area contributed by atoms with Crippen LogP contribution in [0, 0.1) is 6.92 Å². The van der Waals surface area contributed by atoms with Crippen LogP contribution in [0.25, 0.3) is 11.1 Å². The number of hydrogen-bond donors (Lipinski definition) is 1. The van der Waals surface area contributed by atoms with E-state index in [1.807, 2.05) is 20.8 Å². The second-order valence-electron chi connectivity index (χ2n) is 5.51. The lowest BCUT2D eigenvalue weighted by Gasteiger charge is -2.21. The summed E-state index contributed by atoms with van der Waals surface area (Å²) >= 11 is 0. The Morgan fingerprint density at radius 3 is 2.35 bits per heavy atom. The molecule has 0 saturated heterocycles. The van der Waals surface area contributed by atoms with E-state index < -0.39 is 5.97 Å². The van der Waals surface area contributed by atoms with Crippen LogP contribution in [0.3, 0.4) is 0 Å². The number of carboxylic acid groups (broad SMARTS) is 1. The van der Waals surface area contributed by atoms with Crippen molar-refractivity contribution >= 4 is 5.97 Å². The van der Waals surface area contributed by atoms with E-state index in [1.54, 1.807) is 31.2 Å². The van der Waals surface area contributed by atoms with Gasteiger partial charge in [-0.1, -0.05) is 17.3 Å². The van der Waals surface area contributed by atoms with Crippen molar-refractivity contribution in [3.05, 3.63) is 35.7 Å². The minimum atomic E-state index is -1.10. The van der Waals surface area contributed by atoms with Gasteiger partial charge in [0.1, 0.15) is 17.1 Å². The van der Waals surface area contributed by atoms with Gasteiger partial charge in [-0.15, -0.1) is 0 Å². The molecule has 0 bridgehead atoms. The summed E-state index contributed by atoms with van der Waals surface area (Å²) in [6, 6.07) is 7.21. The molecule has 0 atom stereocenters. The van der Waals surface area contributed by atoms with Gasteiger partial charge in [-0.05, 0) is 45.4 Å². The third-order valence-electron chi connectivity index (χ3n) is 2.63. The molecule has 5 heteroatoms. The third kappa shape index (κ3) is 2.99. The summed E-state index contributed by atoms with van der Waals surface area (Å²) in [4.78, 5) is 11.1. The van der Waals surface area contributed by atoms with Crippen molar-refractivity contribution in [2.24, 2.45) is 0 Å². The summed E-state index contributed by atoms with van der Waals surface area (Å²) in [5.41, 5.74) is 0.884. The first-order valence-corrected chi connectivity index (χ1v) is 6.27. The van der Waals surface area contributed by atoms with Gasteiger partial charge in [0.25, 0.3) is 0 Å². The SMILES string of the molecule is Cc1onc(C(=O)O)c1-c1ccc(OC(C)(C)C)cc1. The number of carboxylic acids is 1. The van der Waals surface area contributed by atoms with E-state index in [0.717, 1.165) is 11.3 Å². The van der Waals surface area contributed by atoms with Gasteiger partial charge in [0, 0.05) is 0 Å². The van der Waals surface area contributed by atoms with E-state index in [4.69, 9.17) is 14.4 Å². The van der Waals surface area contributed by atoms with Crippen LogP contribution < -0.4 is 4.74 Å². The van der Waals surface area contributed by atoms with Crippen molar-refractivity contribution < 1.29 is 19.2 Å². The highest BCUT2D eigenvalue weighted by molar-refractivity contribution is 5.94. The van der Waals surface area contributed by atoms with Gasteiger partial charge in [-0.2, -0.15) is 0 Å². The van der Waals surface area contributed by atoms with Gasteiger partial charge < -0.3 is 14.4 Å². The molecule has 0 unspecified atom stereocenters. The normalized spacial score (nSPS) is 11.4. The van der Waals surface area contributed by atoms with Gasteiger partial charge in [-0.25, -0.2) is 4.79 Å². The van der Waals surface area contributed by atoms with Crippen LogP contribution in [0.15, 0.2) is 28.8 Å². The fourth-order valence-corrected chi connectivity index (χ4v) is 1.90. The number of nitrogens with zero attached hydrogens (tertiary/aromatic N) is 1. The zero-order valence-corrected chi connectivity index (χ0v) is 11.9. The van der Waals surface area contributed by atoms with Crippen LogP contribution in [-0.2, 0) is 0 Å². The molecule has 0 aliphatic rings. The predicted molar refractivity (Wildman–Crippen MR) is 74.0 cm³/mol. The summed E-state index contributed by atoms with van der Waals surface area (Å²) < 4.78 is 10.7. The Kier molecular flexibility index (Phi) is 3.53. The van der Waals surface area contributed by atoms with Crippen molar-refractivity contribution in [1.82, 2.24) is 5.16 Å². The minimum Gasteiger partial charge on any atom is -0.488 e. The van der Waals surface area contributed by atoms with Gasteiger partial charge in [0.05, 0.1) is 5.56 Å². The van der Waals surface area contributed by atoms with Crippen LogP contribution >= 0.6 is 0 Å². The minimum absolute atomic E-state index is 0.0769. The molecule has 106 valence electrons. The molecule has 5 nitrogen and oxygen atoms in total. The number of rotatable bonds is 3. The number of aromatic carboxylic acids is 1. The van der Waals surface area contributed by atoms with Crippen LogP contribution in [0.4, 0.5) is 0 Å². The predicted octanol–water partition coefficient (Wildman–Crippen LogP) is 3.53. The van der Waals surface area contributed by atoms with E-state index in [0.29, 0.717) is 11.3 Å². The maximum absolute atomic E-state index is 11.1. The molecular weight excluding hydrogens is 258 g/mol. The molecule has 2 rings (SSSR count). The van der Waals surface area contributed by atoms with Crippen molar-refractivity contribution in [2.45, 2.75) is 33.3 Å². The first kappa shape index (κ1) is 14.1. The molecule has 0 amide bonds. The Morgan fingerprint density at radius 1 is 1.25 bits per heavy atom. The fraction of sp³-hybridized carbons (Fsp3) is 0.333. The van der Waals surface area contributed by atoms with E-state index in [9.17, 15) is 4.79 Å². The van der Waals surface area contributed by atoms with Gasteiger partial charge in [0.15, 0.2) is 5.69 Å². The van der Waals surface area contributed by atoms with E-state index in [1.165, 1.54) is 0 Å².